The molecule has 4 aromatic rings. The molecule has 0 saturated carbocycles. The Morgan fingerprint density at radius 2 is 1.73 bits per heavy atom. The van der Waals surface area contributed by atoms with E-state index in [1.807, 2.05) is 26.2 Å². The van der Waals surface area contributed by atoms with Gasteiger partial charge in [-0.05, 0) is 46.7 Å². The number of nitrogens with zero attached hydrogens (tertiary/aromatic N) is 2. The Morgan fingerprint density at radius 1 is 1.02 bits per heavy atom. The maximum atomic E-state index is 13.5. The number of aromatic nitrogens is 2. The summed E-state index contributed by atoms with van der Waals surface area (Å²) in [6.45, 7) is 5.24. The molecule has 10 nitrogen and oxygen atoms in total. The third-order valence-electron chi connectivity index (χ3n) is 5.78. The second kappa shape index (κ2) is 12.2. The standard InChI is InChI=1S/C28H31N3O7S2/c1-28(2,3)19-9-11-21(12-10-19)40(34,35)31-26-24(38-23-8-6-5-7-22(23)36-4)27(37-16-20(33)15-32)30-25(29-26)18-13-14-39-17-18/h5-14,17,20,32-33H,15-16H2,1-4H3,(H,29,30,31)/t20-/m1/s1. The Hall–Kier alpha value is -3.71. The largest absolute Gasteiger partial charge is 0.493 e. The highest BCUT2D eigenvalue weighted by Crippen LogP contribution is 2.42. The number of hydrogen-bond acceptors (Lipinski definition) is 10. The molecule has 0 radical (unpaired) electrons. The normalized spacial score (nSPS) is 12.6. The van der Waals surface area contributed by atoms with E-state index in [1.165, 1.54) is 30.6 Å². The lowest BCUT2D eigenvalue weighted by Crippen LogP contribution is -2.22. The number of rotatable bonds is 11. The van der Waals surface area contributed by atoms with Crippen LogP contribution in [-0.2, 0) is 15.4 Å². The smallest absolute Gasteiger partial charge is 0.263 e. The van der Waals surface area contributed by atoms with Gasteiger partial charge < -0.3 is 24.4 Å². The quantitative estimate of drug-likeness (QED) is 0.226. The summed E-state index contributed by atoms with van der Waals surface area (Å²) in [4.78, 5) is 8.97. The van der Waals surface area contributed by atoms with E-state index in [-0.39, 0.29) is 45.9 Å². The minimum Gasteiger partial charge on any atom is -0.493 e. The maximum absolute atomic E-state index is 13.5. The molecule has 0 fully saturated rings. The van der Waals surface area contributed by atoms with Gasteiger partial charge in [-0.15, -0.1) is 0 Å². The van der Waals surface area contributed by atoms with Gasteiger partial charge in [0.25, 0.3) is 15.9 Å². The van der Waals surface area contributed by atoms with E-state index in [4.69, 9.17) is 14.2 Å². The number of hydrogen-bond donors (Lipinski definition) is 3. The first-order valence-corrected chi connectivity index (χ1v) is 14.7. The molecule has 0 saturated heterocycles. The number of sulfonamides is 1. The van der Waals surface area contributed by atoms with Crippen LogP contribution in [0.1, 0.15) is 26.3 Å². The van der Waals surface area contributed by atoms with E-state index in [2.05, 4.69) is 14.7 Å². The first-order chi connectivity index (χ1) is 19.0. The molecule has 2 heterocycles. The van der Waals surface area contributed by atoms with Crippen LogP contribution in [0.4, 0.5) is 5.82 Å². The van der Waals surface area contributed by atoms with Crippen LogP contribution in [0.25, 0.3) is 11.4 Å². The summed E-state index contributed by atoms with van der Waals surface area (Å²) in [6.07, 6.45) is -1.21. The van der Waals surface area contributed by atoms with E-state index in [1.54, 1.807) is 47.8 Å². The third-order valence-corrected chi connectivity index (χ3v) is 7.82. The Balaban J connectivity index is 1.84. The van der Waals surface area contributed by atoms with Gasteiger partial charge in [0.05, 0.1) is 18.6 Å². The molecular weight excluding hydrogens is 554 g/mol. The van der Waals surface area contributed by atoms with Gasteiger partial charge in [-0.25, -0.2) is 13.4 Å². The van der Waals surface area contributed by atoms with E-state index < -0.39 is 22.7 Å². The van der Waals surface area contributed by atoms with Crippen molar-refractivity contribution in [3.05, 3.63) is 70.9 Å². The SMILES string of the molecule is COc1ccccc1Oc1c(NS(=O)(=O)c2ccc(C(C)(C)C)cc2)nc(-c2ccsc2)nc1OC[C@H](O)CO. The molecule has 1 atom stereocenters. The summed E-state index contributed by atoms with van der Waals surface area (Å²) in [5.41, 5.74) is 1.45. The first-order valence-electron chi connectivity index (χ1n) is 12.3. The van der Waals surface area contributed by atoms with Gasteiger partial charge >= 0.3 is 0 Å². The highest BCUT2D eigenvalue weighted by atomic mass is 32.2. The van der Waals surface area contributed by atoms with Gasteiger partial charge in [0.2, 0.25) is 5.75 Å². The predicted molar refractivity (Wildman–Crippen MR) is 153 cm³/mol. The van der Waals surface area contributed by atoms with E-state index in [0.717, 1.165) is 5.56 Å². The van der Waals surface area contributed by atoms with Crippen molar-refractivity contribution in [1.29, 1.82) is 0 Å². The molecule has 0 amide bonds. The summed E-state index contributed by atoms with van der Waals surface area (Å²) in [5, 5.41) is 22.8. The summed E-state index contributed by atoms with van der Waals surface area (Å²) in [5.74, 6) is 0.314. The minimum atomic E-state index is -4.14. The molecule has 40 heavy (non-hydrogen) atoms. The van der Waals surface area contributed by atoms with Crippen LogP contribution >= 0.6 is 11.3 Å². The van der Waals surface area contributed by atoms with Crippen molar-refractivity contribution >= 4 is 27.2 Å². The predicted octanol–water partition coefficient (Wildman–Crippen LogP) is 4.84. The van der Waals surface area contributed by atoms with Crippen LogP contribution in [0.3, 0.4) is 0 Å². The lowest BCUT2D eigenvalue weighted by molar-refractivity contribution is 0.0513. The molecule has 12 heteroatoms. The highest BCUT2D eigenvalue weighted by molar-refractivity contribution is 7.92. The molecule has 0 unspecified atom stereocenters. The lowest BCUT2D eigenvalue weighted by atomic mass is 9.87. The summed E-state index contributed by atoms with van der Waals surface area (Å²) >= 11 is 1.41. The van der Waals surface area contributed by atoms with Gasteiger partial charge in [-0.3, -0.25) is 4.72 Å². The molecule has 0 aliphatic heterocycles. The van der Waals surface area contributed by atoms with E-state index >= 15 is 0 Å². The second-order valence-electron chi connectivity index (χ2n) is 9.82. The summed E-state index contributed by atoms with van der Waals surface area (Å²) in [6, 6.07) is 15.1. The van der Waals surface area contributed by atoms with Crippen molar-refractivity contribution in [2.45, 2.75) is 37.2 Å². The second-order valence-corrected chi connectivity index (χ2v) is 12.3. The zero-order valence-corrected chi connectivity index (χ0v) is 24.1. The molecule has 4 rings (SSSR count). The zero-order valence-electron chi connectivity index (χ0n) is 22.5. The van der Waals surface area contributed by atoms with E-state index in [0.29, 0.717) is 11.3 Å². The van der Waals surface area contributed by atoms with Crippen molar-refractivity contribution in [3.8, 4) is 34.5 Å². The van der Waals surface area contributed by atoms with Gasteiger partial charge in [-0.1, -0.05) is 45.0 Å². The number of nitrogens with one attached hydrogen (secondary N) is 1. The fourth-order valence-corrected chi connectivity index (χ4v) is 5.21. The monoisotopic (exact) mass is 585 g/mol. The highest BCUT2D eigenvalue weighted by Gasteiger charge is 2.26. The zero-order chi connectivity index (χ0) is 28.9. The fraction of sp³-hybridized carbons (Fsp3) is 0.286. The Bertz CT molecular complexity index is 1540. The molecule has 0 aliphatic carbocycles. The molecule has 0 bridgehead atoms. The number of benzene rings is 2. The number of methoxy groups -OCH3 is 1. The minimum absolute atomic E-state index is 0.0256. The van der Waals surface area contributed by atoms with Gasteiger partial charge in [-0.2, -0.15) is 16.3 Å². The molecule has 3 N–H and O–H groups in total. The van der Waals surface area contributed by atoms with Gasteiger partial charge in [0.15, 0.2) is 23.1 Å². The van der Waals surface area contributed by atoms with Crippen molar-refractivity contribution in [2.24, 2.45) is 0 Å². The Morgan fingerprint density at radius 3 is 2.33 bits per heavy atom. The van der Waals surface area contributed by atoms with Gasteiger partial charge in [0.1, 0.15) is 12.7 Å². The van der Waals surface area contributed by atoms with Crippen LogP contribution < -0.4 is 18.9 Å². The number of aliphatic hydroxyl groups is 2. The number of ether oxygens (including phenoxy) is 3. The fourth-order valence-electron chi connectivity index (χ4n) is 3.57. The van der Waals surface area contributed by atoms with Gasteiger partial charge in [0, 0.05) is 10.9 Å². The molecular formula is C28H31N3O7S2. The van der Waals surface area contributed by atoms with Crippen molar-refractivity contribution in [2.75, 3.05) is 25.0 Å². The Kier molecular flexibility index (Phi) is 8.94. The van der Waals surface area contributed by atoms with Crippen LogP contribution in [0, 0.1) is 0 Å². The van der Waals surface area contributed by atoms with Crippen LogP contribution in [0.15, 0.2) is 70.3 Å². The molecule has 212 valence electrons. The van der Waals surface area contributed by atoms with Crippen LogP contribution in [0.5, 0.6) is 23.1 Å². The van der Waals surface area contributed by atoms with Crippen molar-refractivity contribution < 1.29 is 32.8 Å². The lowest BCUT2D eigenvalue weighted by Gasteiger charge is -2.20. The average molecular weight is 586 g/mol. The van der Waals surface area contributed by atoms with E-state index in [9.17, 15) is 18.6 Å². The number of para-hydroxylation sites is 2. The summed E-state index contributed by atoms with van der Waals surface area (Å²) < 4.78 is 46.8. The molecule has 0 aliphatic rings. The third kappa shape index (κ3) is 6.89. The van der Waals surface area contributed by atoms with Crippen LogP contribution in [-0.4, -0.2) is 55.0 Å². The number of anilines is 1. The molecule has 0 spiro atoms. The summed E-state index contributed by atoms with van der Waals surface area (Å²) in [7, 11) is -2.67. The molecule has 2 aromatic carbocycles. The maximum Gasteiger partial charge on any atom is 0.263 e. The van der Waals surface area contributed by atoms with Crippen molar-refractivity contribution in [3.63, 3.8) is 0 Å². The number of aliphatic hydroxyl groups excluding tert-OH is 2. The first kappa shape index (κ1) is 29.3. The topological polar surface area (TPSA) is 140 Å². The van der Waals surface area contributed by atoms with Crippen LogP contribution in [0.2, 0.25) is 0 Å². The number of thiophene rings is 1. The Labute approximate surface area is 237 Å². The average Bonchev–Trinajstić information content (AvgIpc) is 3.48. The molecule has 2 aromatic heterocycles. The van der Waals surface area contributed by atoms with Crippen molar-refractivity contribution in [1.82, 2.24) is 9.97 Å².